The SMILES string of the molecule is Cc1noc(C)c1[C@H]1CCCN1Cc1ccc(Br)cc1. The molecule has 1 aromatic carbocycles. The molecule has 4 heteroatoms. The van der Waals surface area contributed by atoms with Gasteiger partial charge in [0.05, 0.1) is 5.69 Å². The molecule has 1 aromatic heterocycles. The number of rotatable bonds is 3. The number of aryl methyl sites for hydroxylation is 2. The highest BCUT2D eigenvalue weighted by atomic mass is 79.9. The molecular formula is C16H19BrN2O. The lowest BCUT2D eigenvalue weighted by Crippen LogP contribution is -2.23. The highest BCUT2D eigenvalue weighted by Crippen LogP contribution is 2.36. The van der Waals surface area contributed by atoms with E-state index in [1.54, 1.807) is 0 Å². The molecule has 3 rings (SSSR count). The number of likely N-dealkylation sites (tertiary alicyclic amines) is 1. The third-order valence-corrected chi connectivity index (χ3v) is 4.61. The van der Waals surface area contributed by atoms with Crippen LogP contribution in [0.2, 0.25) is 0 Å². The van der Waals surface area contributed by atoms with Gasteiger partial charge in [0.1, 0.15) is 5.76 Å². The number of aromatic nitrogens is 1. The van der Waals surface area contributed by atoms with Gasteiger partial charge in [-0.15, -0.1) is 0 Å². The first kappa shape index (κ1) is 13.8. The molecule has 2 aromatic rings. The fourth-order valence-corrected chi connectivity index (χ4v) is 3.40. The normalized spacial score (nSPS) is 19.6. The largest absolute Gasteiger partial charge is 0.361 e. The van der Waals surface area contributed by atoms with Crippen LogP contribution in [0.25, 0.3) is 0 Å². The van der Waals surface area contributed by atoms with Gasteiger partial charge in [-0.1, -0.05) is 33.2 Å². The van der Waals surface area contributed by atoms with Crippen LogP contribution in [0.5, 0.6) is 0 Å². The van der Waals surface area contributed by atoms with Crippen LogP contribution in [0.15, 0.2) is 33.3 Å². The predicted octanol–water partition coefficient (Wildman–Crippen LogP) is 4.39. The second kappa shape index (κ2) is 5.70. The van der Waals surface area contributed by atoms with Crippen LogP contribution >= 0.6 is 15.9 Å². The van der Waals surface area contributed by atoms with E-state index < -0.39 is 0 Å². The van der Waals surface area contributed by atoms with E-state index in [0.717, 1.165) is 29.0 Å². The van der Waals surface area contributed by atoms with E-state index in [-0.39, 0.29) is 0 Å². The summed E-state index contributed by atoms with van der Waals surface area (Å²) in [5.74, 6) is 0.968. The van der Waals surface area contributed by atoms with Gasteiger partial charge in [0, 0.05) is 22.6 Å². The van der Waals surface area contributed by atoms with Gasteiger partial charge in [-0.2, -0.15) is 0 Å². The lowest BCUT2D eigenvalue weighted by molar-refractivity contribution is 0.245. The minimum atomic E-state index is 0.449. The van der Waals surface area contributed by atoms with Crippen LogP contribution < -0.4 is 0 Å². The highest BCUT2D eigenvalue weighted by molar-refractivity contribution is 9.10. The summed E-state index contributed by atoms with van der Waals surface area (Å²) in [7, 11) is 0. The van der Waals surface area contributed by atoms with Crippen molar-refractivity contribution in [3.05, 3.63) is 51.3 Å². The zero-order valence-corrected chi connectivity index (χ0v) is 13.5. The quantitative estimate of drug-likeness (QED) is 0.833. The zero-order chi connectivity index (χ0) is 14.1. The lowest BCUT2D eigenvalue weighted by atomic mass is 10.0. The van der Waals surface area contributed by atoms with Crippen molar-refractivity contribution in [3.8, 4) is 0 Å². The molecular weight excluding hydrogens is 316 g/mol. The molecule has 0 bridgehead atoms. The Morgan fingerprint density at radius 1 is 1.30 bits per heavy atom. The molecule has 0 unspecified atom stereocenters. The average molecular weight is 335 g/mol. The summed E-state index contributed by atoms with van der Waals surface area (Å²) in [6, 6.07) is 9.04. The van der Waals surface area contributed by atoms with E-state index in [9.17, 15) is 0 Å². The Labute approximate surface area is 128 Å². The molecule has 0 amide bonds. The topological polar surface area (TPSA) is 29.3 Å². The van der Waals surface area contributed by atoms with Crippen molar-refractivity contribution in [3.63, 3.8) is 0 Å². The summed E-state index contributed by atoms with van der Waals surface area (Å²) in [4.78, 5) is 2.54. The molecule has 0 spiro atoms. The second-order valence-electron chi connectivity index (χ2n) is 5.49. The first-order valence-corrected chi connectivity index (χ1v) is 7.85. The summed E-state index contributed by atoms with van der Waals surface area (Å²) in [6.45, 7) is 6.19. The van der Waals surface area contributed by atoms with E-state index in [4.69, 9.17) is 4.52 Å². The summed E-state index contributed by atoms with van der Waals surface area (Å²) in [6.07, 6.45) is 2.44. The van der Waals surface area contributed by atoms with E-state index >= 15 is 0 Å². The van der Waals surface area contributed by atoms with Crippen molar-refractivity contribution >= 4 is 15.9 Å². The van der Waals surface area contributed by atoms with Crippen LogP contribution in [0.3, 0.4) is 0 Å². The van der Waals surface area contributed by atoms with Crippen molar-refractivity contribution in [1.29, 1.82) is 0 Å². The van der Waals surface area contributed by atoms with Crippen LogP contribution in [0, 0.1) is 13.8 Å². The molecule has 106 valence electrons. The van der Waals surface area contributed by atoms with E-state index in [1.165, 1.54) is 24.0 Å². The maximum absolute atomic E-state index is 5.34. The average Bonchev–Trinajstić information content (AvgIpc) is 2.99. The number of hydrogen-bond donors (Lipinski definition) is 0. The van der Waals surface area contributed by atoms with Crippen molar-refractivity contribution in [2.75, 3.05) is 6.54 Å². The number of halogens is 1. The first-order chi connectivity index (χ1) is 9.65. The standard InChI is InChI=1S/C16H19BrN2O/c1-11-16(12(2)20-18-11)15-4-3-9-19(15)10-13-5-7-14(17)8-6-13/h5-8,15H,3-4,9-10H2,1-2H3/t15-/m1/s1. The van der Waals surface area contributed by atoms with Gasteiger partial charge in [0.15, 0.2) is 0 Å². The lowest BCUT2D eigenvalue weighted by Gasteiger charge is -2.24. The molecule has 1 saturated heterocycles. The third-order valence-electron chi connectivity index (χ3n) is 4.08. The maximum Gasteiger partial charge on any atom is 0.138 e. The number of benzene rings is 1. The minimum Gasteiger partial charge on any atom is -0.361 e. The zero-order valence-electron chi connectivity index (χ0n) is 11.9. The molecule has 0 radical (unpaired) electrons. The van der Waals surface area contributed by atoms with Crippen molar-refractivity contribution in [2.45, 2.75) is 39.3 Å². The summed E-state index contributed by atoms with van der Waals surface area (Å²) in [5.41, 5.74) is 3.68. The smallest absolute Gasteiger partial charge is 0.138 e. The van der Waals surface area contributed by atoms with E-state index in [1.807, 2.05) is 13.8 Å². The third kappa shape index (κ3) is 2.67. The molecule has 2 heterocycles. The van der Waals surface area contributed by atoms with Gasteiger partial charge in [-0.25, -0.2) is 0 Å². The van der Waals surface area contributed by atoms with E-state index in [2.05, 4.69) is 50.3 Å². The Morgan fingerprint density at radius 3 is 2.70 bits per heavy atom. The van der Waals surface area contributed by atoms with Gasteiger partial charge in [0.2, 0.25) is 0 Å². The van der Waals surface area contributed by atoms with Gasteiger partial charge in [0.25, 0.3) is 0 Å². The molecule has 20 heavy (non-hydrogen) atoms. The second-order valence-corrected chi connectivity index (χ2v) is 6.41. The fraction of sp³-hybridized carbons (Fsp3) is 0.438. The molecule has 1 aliphatic heterocycles. The molecule has 0 saturated carbocycles. The monoisotopic (exact) mass is 334 g/mol. The molecule has 0 N–H and O–H groups in total. The van der Waals surface area contributed by atoms with Crippen LogP contribution in [0.1, 0.15) is 41.5 Å². The number of nitrogens with zero attached hydrogens (tertiary/aromatic N) is 2. The molecule has 0 aliphatic carbocycles. The summed E-state index contributed by atoms with van der Waals surface area (Å²) >= 11 is 3.49. The van der Waals surface area contributed by atoms with Crippen LogP contribution in [0.4, 0.5) is 0 Å². The van der Waals surface area contributed by atoms with Crippen LogP contribution in [-0.2, 0) is 6.54 Å². The van der Waals surface area contributed by atoms with Crippen LogP contribution in [-0.4, -0.2) is 16.6 Å². The van der Waals surface area contributed by atoms with Crippen molar-refractivity contribution < 1.29 is 4.52 Å². The molecule has 1 fully saturated rings. The Kier molecular flexibility index (Phi) is 3.94. The molecule has 3 nitrogen and oxygen atoms in total. The van der Waals surface area contributed by atoms with Gasteiger partial charge in [-0.05, 0) is 50.9 Å². The predicted molar refractivity (Wildman–Crippen MR) is 82.5 cm³/mol. The molecule has 1 atom stereocenters. The minimum absolute atomic E-state index is 0.449. The van der Waals surface area contributed by atoms with Gasteiger partial charge >= 0.3 is 0 Å². The van der Waals surface area contributed by atoms with Crippen molar-refractivity contribution in [1.82, 2.24) is 10.1 Å². The Balaban J connectivity index is 1.81. The Hall–Kier alpha value is -1.13. The molecule has 1 aliphatic rings. The van der Waals surface area contributed by atoms with Gasteiger partial charge < -0.3 is 4.52 Å². The summed E-state index contributed by atoms with van der Waals surface area (Å²) < 4.78 is 6.47. The fourth-order valence-electron chi connectivity index (χ4n) is 3.13. The van der Waals surface area contributed by atoms with Gasteiger partial charge in [-0.3, -0.25) is 4.90 Å². The first-order valence-electron chi connectivity index (χ1n) is 7.06. The summed E-state index contributed by atoms with van der Waals surface area (Å²) in [5, 5.41) is 4.11. The van der Waals surface area contributed by atoms with E-state index in [0.29, 0.717) is 6.04 Å². The van der Waals surface area contributed by atoms with Crippen molar-refractivity contribution in [2.24, 2.45) is 0 Å². The number of hydrogen-bond acceptors (Lipinski definition) is 3. The highest BCUT2D eigenvalue weighted by Gasteiger charge is 2.30. The Morgan fingerprint density at radius 2 is 2.05 bits per heavy atom. The maximum atomic E-state index is 5.34. The Bertz CT molecular complexity index is 572.